The summed E-state index contributed by atoms with van der Waals surface area (Å²) in [5.74, 6) is -3.63. The van der Waals surface area contributed by atoms with Gasteiger partial charge in [0.05, 0.1) is 34.9 Å². The quantitative estimate of drug-likeness (QED) is 0.306. The van der Waals surface area contributed by atoms with Crippen LogP contribution in [-0.4, -0.2) is 46.1 Å². The first-order valence-corrected chi connectivity index (χ1v) is 12.3. The van der Waals surface area contributed by atoms with Crippen LogP contribution in [0.3, 0.4) is 0 Å². The second kappa shape index (κ2) is 10.5. The third-order valence-electron chi connectivity index (χ3n) is 5.58. The minimum Gasteiger partial charge on any atom is -0.490 e. The van der Waals surface area contributed by atoms with Gasteiger partial charge in [0.15, 0.2) is 11.6 Å². The predicted molar refractivity (Wildman–Crippen MR) is 126 cm³/mol. The summed E-state index contributed by atoms with van der Waals surface area (Å²) in [5.41, 5.74) is -0.821. The number of carbonyl (C=O) groups is 1. The zero-order chi connectivity index (χ0) is 25.9. The minimum absolute atomic E-state index is 0.0401. The maximum absolute atomic E-state index is 15.4. The van der Waals surface area contributed by atoms with E-state index < -0.39 is 51.3 Å². The number of halogens is 3. The van der Waals surface area contributed by atoms with Gasteiger partial charge in [-0.15, -0.1) is 0 Å². The van der Waals surface area contributed by atoms with E-state index >= 15 is 4.39 Å². The number of benzene rings is 2. The first-order chi connectivity index (χ1) is 17.2. The number of hydrogen-bond acceptors (Lipinski definition) is 7. The van der Waals surface area contributed by atoms with Crippen molar-refractivity contribution in [3.05, 3.63) is 77.0 Å². The average Bonchev–Trinajstić information content (AvgIpc) is 3.29. The van der Waals surface area contributed by atoms with Crippen molar-refractivity contribution in [1.29, 1.82) is 0 Å². The number of nitrogens with one attached hydrogen (secondary N) is 2. The molecule has 8 nitrogen and oxygen atoms in total. The largest absolute Gasteiger partial charge is 0.490 e. The van der Waals surface area contributed by atoms with Crippen molar-refractivity contribution in [3.8, 4) is 5.75 Å². The molecule has 1 aliphatic heterocycles. The number of Topliss-reactive ketones (excluding diaryl/α,β-unsaturated/α-hetero) is 1. The molecule has 1 unspecified atom stereocenters. The number of ketones is 1. The first-order valence-electron chi connectivity index (χ1n) is 10.8. The number of sulfonamides is 1. The van der Waals surface area contributed by atoms with Crippen LogP contribution in [0.4, 0.5) is 24.7 Å². The van der Waals surface area contributed by atoms with Gasteiger partial charge in [-0.25, -0.2) is 26.6 Å². The molecule has 2 heterocycles. The van der Waals surface area contributed by atoms with Crippen LogP contribution in [0, 0.1) is 11.6 Å². The van der Waals surface area contributed by atoms with Crippen molar-refractivity contribution in [2.75, 3.05) is 36.9 Å². The minimum atomic E-state index is -4.30. The normalized spacial score (nSPS) is 14.7. The molecular formula is C24H22F3N3O5S. The number of pyridine rings is 1. The van der Waals surface area contributed by atoms with Crippen molar-refractivity contribution in [1.82, 2.24) is 4.98 Å². The molecule has 0 spiro atoms. The van der Waals surface area contributed by atoms with Gasteiger partial charge in [-0.05, 0) is 35.9 Å². The number of hydrogen-bond donors (Lipinski definition) is 2. The van der Waals surface area contributed by atoms with Gasteiger partial charge in [0.2, 0.25) is 0 Å². The van der Waals surface area contributed by atoms with E-state index in [2.05, 4.69) is 10.3 Å². The lowest BCUT2D eigenvalue weighted by atomic mass is 9.92. The average molecular weight is 522 g/mol. The first kappa shape index (κ1) is 25.5. The molecule has 0 fully saturated rings. The highest BCUT2D eigenvalue weighted by Gasteiger charge is 2.35. The van der Waals surface area contributed by atoms with E-state index in [9.17, 15) is 22.0 Å². The summed E-state index contributed by atoms with van der Waals surface area (Å²) >= 11 is 0. The van der Waals surface area contributed by atoms with Crippen molar-refractivity contribution in [2.45, 2.75) is 17.5 Å². The predicted octanol–water partition coefficient (Wildman–Crippen LogP) is 4.05. The SMILES string of the molecule is COCCOc1cnc2c(c1)C(C(=O)c1c(F)ccc(NS(=O)(=O)c3ccc(CF)cc3)c1F)CN2. The summed E-state index contributed by atoms with van der Waals surface area (Å²) < 4.78 is 80.6. The molecule has 1 aliphatic rings. The van der Waals surface area contributed by atoms with E-state index in [1.165, 1.54) is 25.4 Å². The Labute approximate surface area is 205 Å². The maximum atomic E-state index is 15.4. The number of methoxy groups -OCH3 is 1. The van der Waals surface area contributed by atoms with Gasteiger partial charge in [-0.3, -0.25) is 9.52 Å². The monoisotopic (exact) mass is 521 g/mol. The molecule has 190 valence electrons. The summed E-state index contributed by atoms with van der Waals surface area (Å²) in [5, 5.41) is 2.92. The number of fused-ring (bicyclic) bond motifs is 1. The fourth-order valence-corrected chi connectivity index (χ4v) is 4.79. The topological polar surface area (TPSA) is 107 Å². The standard InChI is InChI=1S/C24H22F3N3O5S/c1-34-8-9-35-15-10-17-18(13-29-24(17)28-12-15)23(31)21-19(26)6-7-20(22(21)27)30-36(32,33)16-4-2-14(11-25)3-5-16/h2-7,10,12,18,30H,8-9,11,13H2,1H3,(H,28,29). The van der Waals surface area contributed by atoms with Crippen LogP contribution < -0.4 is 14.8 Å². The number of anilines is 2. The van der Waals surface area contributed by atoms with Crippen LogP contribution in [0.25, 0.3) is 0 Å². The fourth-order valence-electron chi connectivity index (χ4n) is 3.73. The number of aromatic nitrogens is 1. The van der Waals surface area contributed by atoms with Crippen LogP contribution in [0.5, 0.6) is 5.75 Å². The van der Waals surface area contributed by atoms with Gasteiger partial charge in [0.25, 0.3) is 10.0 Å². The lowest BCUT2D eigenvalue weighted by molar-refractivity contribution is 0.0958. The lowest BCUT2D eigenvalue weighted by Crippen LogP contribution is -2.20. The molecule has 0 radical (unpaired) electrons. The molecule has 0 bridgehead atoms. The van der Waals surface area contributed by atoms with Crippen molar-refractivity contribution < 1.29 is 35.9 Å². The molecule has 0 saturated carbocycles. The summed E-state index contributed by atoms with van der Waals surface area (Å²) in [6.45, 7) is -0.165. The molecule has 2 aromatic carbocycles. The summed E-state index contributed by atoms with van der Waals surface area (Å²) in [6.07, 6.45) is 1.45. The van der Waals surface area contributed by atoms with Gasteiger partial charge in [0, 0.05) is 19.2 Å². The number of alkyl halides is 1. The van der Waals surface area contributed by atoms with Gasteiger partial charge in [-0.1, -0.05) is 12.1 Å². The van der Waals surface area contributed by atoms with Crippen molar-refractivity contribution >= 4 is 27.3 Å². The molecule has 2 N–H and O–H groups in total. The second-order valence-corrected chi connectivity index (χ2v) is 9.60. The Morgan fingerprint density at radius 2 is 1.92 bits per heavy atom. The Morgan fingerprint density at radius 3 is 2.61 bits per heavy atom. The highest BCUT2D eigenvalue weighted by atomic mass is 32.2. The van der Waals surface area contributed by atoms with E-state index in [0.29, 0.717) is 23.7 Å². The van der Waals surface area contributed by atoms with Gasteiger partial charge in [0.1, 0.15) is 30.7 Å². The molecule has 12 heteroatoms. The molecule has 1 aromatic heterocycles. The molecule has 36 heavy (non-hydrogen) atoms. The van der Waals surface area contributed by atoms with Crippen LogP contribution in [0.15, 0.2) is 53.6 Å². The Kier molecular flexibility index (Phi) is 7.45. The number of nitrogens with zero attached hydrogens (tertiary/aromatic N) is 1. The Morgan fingerprint density at radius 1 is 1.17 bits per heavy atom. The zero-order valence-electron chi connectivity index (χ0n) is 19.1. The van der Waals surface area contributed by atoms with E-state index in [4.69, 9.17) is 9.47 Å². The van der Waals surface area contributed by atoms with E-state index in [1.807, 2.05) is 4.72 Å². The van der Waals surface area contributed by atoms with Crippen LogP contribution in [0.1, 0.15) is 27.4 Å². The van der Waals surface area contributed by atoms with Crippen LogP contribution >= 0.6 is 0 Å². The summed E-state index contributed by atoms with van der Waals surface area (Å²) in [7, 11) is -2.78. The highest BCUT2D eigenvalue weighted by molar-refractivity contribution is 7.92. The van der Waals surface area contributed by atoms with Crippen molar-refractivity contribution in [2.24, 2.45) is 0 Å². The van der Waals surface area contributed by atoms with Gasteiger partial charge < -0.3 is 14.8 Å². The smallest absolute Gasteiger partial charge is 0.261 e. The second-order valence-electron chi connectivity index (χ2n) is 7.91. The van der Waals surface area contributed by atoms with Gasteiger partial charge in [-0.2, -0.15) is 0 Å². The Balaban J connectivity index is 1.62. The third-order valence-corrected chi connectivity index (χ3v) is 6.97. The highest BCUT2D eigenvalue weighted by Crippen LogP contribution is 2.36. The Bertz CT molecular complexity index is 1380. The number of carbonyl (C=O) groups excluding carboxylic acids is 1. The summed E-state index contributed by atoms with van der Waals surface area (Å²) in [6, 6.07) is 8.12. The maximum Gasteiger partial charge on any atom is 0.261 e. The number of rotatable bonds is 10. The number of ether oxygens (including phenoxy) is 2. The van der Waals surface area contributed by atoms with Crippen LogP contribution in [-0.2, 0) is 21.4 Å². The van der Waals surface area contributed by atoms with Crippen molar-refractivity contribution in [3.63, 3.8) is 0 Å². The molecule has 0 saturated heterocycles. The fraction of sp³-hybridized carbons (Fsp3) is 0.250. The lowest BCUT2D eigenvalue weighted by Gasteiger charge is -2.15. The van der Waals surface area contributed by atoms with E-state index in [1.54, 1.807) is 6.07 Å². The molecule has 0 aliphatic carbocycles. The van der Waals surface area contributed by atoms with E-state index in [-0.39, 0.29) is 23.6 Å². The third kappa shape index (κ3) is 5.14. The Hall–Kier alpha value is -3.64. The zero-order valence-corrected chi connectivity index (χ0v) is 19.9. The van der Waals surface area contributed by atoms with Gasteiger partial charge >= 0.3 is 0 Å². The molecule has 1 atom stereocenters. The molecular weight excluding hydrogens is 499 g/mol. The molecule has 4 rings (SSSR count). The van der Waals surface area contributed by atoms with Crippen LogP contribution in [0.2, 0.25) is 0 Å². The molecule has 0 amide bonds. The molecule has 3 aromatic rings. The summed E-state index contributed by atoms with van der Waals surface area (Å²) in [4.78, 5) is 17.2. The van der Waals surface area contributed by atoms with E-state index in [0.717, 1.165) is 24.3 Å².